The van der Waals surface area contributed by atoms with Crippen molar-refractivity contribution in [1.82, 2.24) is 5.32 Å². The molecule has 2 atom stereocenters. The van der Waals surface area contributed by atoms with Gasteiger partial charge in [-0.25, -0.2) is 4.79 Å². The van der Waals surface area contributed by atoms with Gasteiger partial charge in [0.25, 0.3) is 0 Å². The average molecular weight is 290 g/mol. The number of nitrogens with zero attached hydrogens (tertiary/aromatic N) is 1. The van der Waals surface area contributed by atoms with E-state index in [-0.39, 0.29) is 18.5 Å². The number of anilines is 1. The molecular weight excluding hydrogens is 272 g/mol. The fourth-order valence-corrected chi connectivity index (χ4v) is 2.82. The molecule has 0 bridgehead atoms. The Kier molecular flexibility index (Phi) is 3.79. The average Bonchev–Trinajstić information content (AvgIpc) is 2.54. The van der Waals surface area contributed by atoms with E-state index < -0.39 is 12.1 Å². The summed E-state index contributed by atoms with van der Waals surface area (Å²) >= 11 is 0. The SMILES string of the molecule is O=C(O)C1CN(C(=O)[C@@H]2CCCCN2)c2ccccc2O1. The van der Waals surface area contributed by atoms with Gasteiger partial charge in [-0.05, 0) is 31.5 Å². The van der Waals surface area contributed by atoms with E-state index in [9.17, 15) is 14.7 Å². The Bertz CT molecular complexity index is 554. The van der Waals surface area contributed by atoms with E-state index in [0.29, 0.717) is 11.4 Å². The molecule has 0 aromatic heterocycles. The van der Waals surface area contributed by atoms with Crippen molar-refractivity contribution < 1.29 is 19.4 Å². The van der Waals surface area contributed by atoms with Crippen molar-refractivity contribution in [3.05, 3.63) is 24.3 Å². The van der Waals surface area contributed by atoms with Gasteiger partial charge >= 0.3 is 5.97 Å². The molecule has 2 aliphatic rings. The zero-order chi connectivity index (χ0) is 14.8. The van der Waals surface area contributed by atoms with Crippen LogP contribution in [0.5, 0.6) is 5.75 Å². The van der Waals surface area contributed by atoms with Crippen LogP contribution >= 0.6 is 0 Å². The summed E-state index contributed by atoms with van der Waals surface area (Å²) in [5.41, 5.74) is 0.646. The van der Waals surface area contributed by atoms with Gasteiger partial charge in [-0.2, -0.15) is 0 Å². The number of carboxylic acid groups (broad SMARTS) is 1. The van der Waals surface area contributed by atoms with E-state index in [1.807, 2.05) is 6.07 Å². The molecule has 2 aliphatic heterocycles. The monoisotopic (exact) mass is 290 g/mol. The number of hydrogen-bond acceptors (Lipinski definition) is 4. The van der Waals surface area contributed by atoms with E-state index in [4.69, 9.17) is 4.74 Å². The number of carbonyl (C=O) groups excluding carboxylic acids is 1. The number of carboxylic acids is 1. The summed E-state index contributed by atoms with van der Waals surface area (Å²) in [6.45, 7) is 0.869. The highest BCUT2D eigenvalue weighted by atomic mass is 16.5. The second-order valence-electron chi connectivity index (χ2n) is 5.36. The second kappa shape index (κ2) is 5.73. The summed E-state index contributed by atoms with van der Waals surface area (Å²) in [6, 6.07) is 6.83. The third-order valence-corrected chi connectivity index (χ3v) is 3.92. The molecule has 6 nitrogen and oxygen atoms in total. The van der Waals surface area contributed by atoms with Crippen LogP contribution < -0.4 is 15.0 Å². The highest BCUT2D eigenvalue weighted by molar-refractivity contribution is 5.99. The fourth-order valence-electron chi connectivity index (χ4n) is 2.82. The van der Waals surface area contributed by atoms with Crippen LogP contribution in [0.2, 0.25) is 0 Å². The fraction of sp³-hybridized carbons (Fsp3) is 0.467. The van der Waals surface area contributed by atoms with Gasteiger partial charge in [0.05, 0.1) is 18.3 Å². The summed E-state index contributed by atoms with van der Waals surface area (Å²) < 4.78 is 5.45. The maximum atomic E-state index is 12.7. The largest absolute Gasteiger partial charge is 0.478 e. The molecule has 1 amide bonds. The minimum atomic E-state index is -1.06. The molecule has 0 radical (unpaired) electrons. The molecule has 0 aliphatic carbocycles. The Morgan fingerprint density at radius 2 is 2.10 bits per heavy atom. The molecule has 112 valence electrons. The maximum absolute atomic E-state index is 12.7. The van der Waals surface area contributed by atoms with Crippen LogP contribution in [-0.2, 0) is 9.59 Å². The Hall–Kier alpha value is -2.08. The Morgan fingerprint density at radius 3 is 2.81 bits per heavy atom. The van der Waals surface area contributed by atoms with Crippen molar-refractivity contribution in [2.75, 3.05) is 18.0 Å². The Balaban J connectivity index is 1.88. The summed E-state index contributed by atoms with van der Waals surface area (Å²) in [6.07, 6.45) is 1.85. The summed E-state index contributed by atoms with van der Waals surface area (Å²) in [5.74, 6) is -0.684. The van der Waals surface area contributed by atoms with Crippen LogP contribution in [-0.4, -0.2) is 42.2 Å². The van der Waals surface area contributed by atoms with Gasteiger partial charge in [-0.3, -0.25) is 4.79 Å². The number of amides is 1. The first-order valence-corrected chi connectivity index (χ1v) is 7.20. The van der Waals surface area contributed by atoms with Crippen molar-refractivity contribution in [3.63, 3.8) is 0 Å². The van der Waals surface area contributed by atoms with Crippen molar-refractivity contribution in [2.45, 2.75) is 31.4 Å². The molecule has 0 saturated carbocycles. The predicted octanol–water partition coefficient (Wildman–Crippen LogP) is 1.01. The zero-order valence-electron chi connectivity index (χ0n) is 11.6. The van der Waals surface area contributed by atoms with Crippen LogP contribution in [0.1, 0.15) is 19.3 Å². The Morgan fingerprint density at radius 1 is 1.29 bits per heavy atom. The van der Waals surface area contributed by atoms with E-state index >= 15 is 0 Å². The molecule has 1 aromatic rings. The van der Waals surface area contributed by atoms with E-state index in [1.54, 1.807) is 23.1 Å². The third kappa shape index (κ3) is 2.71. The number of para-hydroxylation sites is 2. The lowest BCUT2D eigenvalue weighted by Crippen LogP contribution is -2.54. The van der Waals surface area contributed by atoms with E-state index in [2.05, 4.69) is 5.32 Å². The molecule has 1 aromatic carbocycles. The number of aliphatic carboxylic acids is 1. The van der Waals surface area contributed by atoms with Gasteiger partial charge in [-0.15, -0.1) is 0 Å². The first-order chi connectivity index (χ1) is 10.2. The minimum absolute atomic E-state index is 0.0450. The molecule has 6 heteroatoms. The highest BCUT2D eigenvalue weighted by Gasteiger charge is 2.36. The summed E-state index contributed by atoms with van der Waals surface area (Å²) in [7, 11) is 0. The number of fused-ring (bicyclic) bond motifs is 1. The number of carbonyl (C=O) groups is 2. The number of nitrogens with one attached hydrogen (secondary N) is 1. The summed E-state index contributed by atoms with van der Waals surface area (Å²) in [4.78, 5) is 25.5. The number of hydrogen-bond donors (Lipinski definition) is 2. The molecule has 2 N–H and O–H groups in total. The van der Waals surface area contributed by atoms with Gasteiger partial charge in [0.1, 0.15) is 5.75 Å². The lowest BCUT2D eigenvalue weighted by Gasteiger charge is -2.36. The van der Waals surface area contributed by atoms with Crippen molar-refractivity contribution in [3.8, 4) is 5.75 Å². The van der Waals surface area contributed by atoms with Gasteiger partial charge in [-0.1, -0.05) is 18.6 Å². The van der Waals surface area contributed by atoms with Crippen LogP contribution in [0, 0.1) is 0 Å². The Labute approximate surface area is 122 Å². The first-order valence-electron chi connectivity index (χ1n) is 7.20. The van der Waals surface area contributed by atoms with Gasteiger partial charge in [0.2, 0.25) is 12.0 Å². The van der Waals surface area contributed by atoms with Crippen molar-refractivity contribution >= 4 is 17.6 Å². The molecule has 1 fully saturated rings. The zero-order valence-corrected chi connectivity index (χ0v) is 11.6. The first kappa shape index (κ1) is 13.9. The summed E-state index contributed by atoms with van der Waals surface area (Å²) in [5, 5.41) is 12.4. The van der Waals surface area contributed by atoms with E-state index in [0.717, 1.165) is 25.8 Å². The van der Waals surface area contributed by atoms with Crippen molar-refractivity contribution in [1.29, 1.82) is 0 Å². The van der Waals surface area contributed by atoms with Crippen LogP contribution in [0.15, 0.2) is 24.3 Å². The van der Waals surface area contributed by atoms with Crippen molar-refractivity contribution in [2.24, 2.45) is 0 Å². The molecule has 0 spiro atoms. The van der Waals surface area contributed by atoms with E-state index in [1.165, 1.54) is 0 Å². The van der Waals surface area contributed by atoms with Crippen LogP contribution in [0.3, 0.4) is 0 Å². The maximum Gasteiger partial charge on any atom is 0.346 e. The molecule has 21 heavy (non-hydrogen) atoms. The minimum Gasteiger partial charge on any atom is -0.478 e. The number of piperidine rings is 1. The van der Waals surface area contributed by atoms with Crippen LogP contribution in [0.25, 0.3) is 0 Å². The smallest absolute Gasteiger partial charge is 0.346 e. The molecule has 1 saturated heterocycles. The predicted molar refractivity (Wildman–Crippen MR) is 76.5 cm³/mol. The second-order valence-corrected chi connectivity index (χ2v) is 5.36. The lowest BCUT2D eigenvalue weighted by atomic mass is 10.0. The highest BCUT2D eigenvalue weighted by Crippen LogP contribution is 2.34. The number of benzene rings is 1. The third-order valence-electron chi connectivity index (χ3n) is 3.92. The molecular formula is C15H18N2O4. The topological polar surface area (TPSA) is 78.9 Å². The molecule has 3 rings (SSSR count). The standard InChI is InChI=1S/C15H18N2O4/c18-14(10-5-3-4-8-16-10)17-9-13(15(19)20)21-12-7-2-1-6-11(12)17/h1-2,6-7,10,13,16H,3-5,8-9H2,(H,19,20)/t10-,13?/m0/s1. The van der Waals surface area contributed by atoms with Crippen LogP contribution in [0.4, 0.5) is 5.69 Å². The van der Waals surface area contributed by atoms with Gasteiger partial charge in [0.15, 0.2) is 0 Å². The quantitative estimate of drug-likeness (QED) is 0.850. The molecule has 2 heterocycles. The number of rotatable bonds is 2. The lowest BCUT2D eigenvalue weighted by molar-refractivity contribution is -0.145. The normalized spacial score (nSPS) is 24.9. The molecule has 1 unspecified atom stereocenters. The van der Waals surface area contributed by atoms with Gasteiger partial charge < -0.3 is 20.1 Å². The van der Waals surface area contributed by atoms with Gasteiger partial charge in [0, 0.05) is 0 Å². The number of ether oxygens (including phenoxy) is 1.